The molecule has 0 spiro atoms. The van der Waals surface area contributed by atoms with Crippen LogP contribution in [-0.2, 0) is 10.0 Å². The number of hydrogen-bond acceptors (Lipinski definition) is 6. The zero-order chi connectivity index (χ0) is 15.7. The fourth-order valence-corrected chi connectivity index (χ4v) is 3.84. The average Bonchev–Trinajstić information content (AvgIpc) is 2.94. The monoisotopic (exact) mass is 342 g/mol. The van der Waals surface area contributed by atoms with Crippen LogP contribution in [0.5, 0.6) is 0 Å². The molecule has 3 rings (SSSR count). The van der Waals surface area contributed by atoms with Gasteiger partial charge in [-0.2, -0.15) is 0 Å². The largest absolute Gasteiger partial charge is 0.291 e. The van der Waals surface area contributed by atoms with Gasteiger partial charge in [0.15, 0.2) is 5.01 Å². The number of aromatic nitrogens is 3. The number of alkyl halides is 2. The average molecular weight is 342 g/mol. The van der Waals surface area contributed by atoms with E-state index in [-0.39, 0.29) is 15.5 Å². The smallest absolute Gasteiger partial charge is 0.255 e. The Hall–Kier alpha value is -2.20. The van der Waals surface area contributed by atoms with Gasteiger partial charge in [0.2, 0.25) is 5.13 Å². The first kappa shape index (κ1) is 14.7. The summed E-state index contributed by atoms with van der Waals surface area (Å²) in [6, 6.07) is 8.09. The summed E-state index contributed by atoms with van der Waals surface area (Å²) in [6.45, 7) is 0. The highest BCUT2D eigenvalue weighted by Gasteiger charge is 2.21. The molecule has 0 fully saturated rings. The molecule has 10 heteroatoms. The molecule has 2 heterocycles. The first-order valence-electron chi connectivity index (χ1n) is 5.95. The summed E-state index contributed by atoms with van der Waals surface area (Å²) in [7, 11) is -4.00. The highest BCUT2D eigenvalue weighted by Crippen LogP contribution is 2.28. The molecule has 1 N–H and O–H groups in total. The molecule has 3 aromatic rings. The van der Waals surface area contributed by atoms with E-state index in [1.807, 2.05) is 0 Å². The van der Waals surface area contributed by atoms with Gasteiger partial charge >= 0.3 is 0 Å². The number of fused-ring (bicyclic) bond motifs is 1. The van der Waals surface area contributed by atoms with Gasteiger partial charge in [0.1, 0.15) is 4.90 Å². The highest BCUT2D eigenvalue weighted by atomic mass is 32.2. The molecule has 0 aliphatic heterocycles. The summed E-state index contributed by atoms with van der Waals surface area (Å²) in [4.78, 5) is 3.99. The van der Waals surface area contributed by atoms with Crippen LogP contribution in [-0.4, -0.2) is 23.6 Å². The third-order valence-electron chi connectivity index (χ3n) is 2.73. The molecule has 0 saturated carbocycles. The Labute approximate surface area is 127 Å². The zero-order valence-corrected chi connectivity index (χ0v) is 12.4. The van der Waals surface area contributed by atoms with Crippen molar-refractivity contribution in [3.05, 3.63) is 41.5 Å². The predicted molar refractivity (Wildman–Crippen MR) is 77.4 cm³/mol. The summed E-state index contributed by atoms with van der Waals surface area (Å²) in [5, 5.41) is 6.52. The number of sulfonamides is 1. The minimum atomic E-state index is -4.00. The van der Waals surface area contributed by atoms with Gasteiger partial charge in [-0.3, -0.25) is 9.71 Å². The van der Waals surface area contributed by atoms with Crippen molar-refractivity contribution in [3.63, 3.8) is 0 Å². The molecule has 0 amide bonds. The Balaban J connectivity index is 2.01. The second kappa shape index (κ2) is 5.54. The molecule has 0 aliphatic carbocycles. The SMILES string of the molecule is O=S(=O)(Nc1nnc(C(F)F)s1)c1cccc2cccnc12. The number of rotatable bonds is 4. The van der Waals surface area contributed by atoms with Crippen molar-refractivity contribution in [2.75, 3.05) is 4.72 Å². The lowest BCUT2D eigenvalue weighted by atomic mass is 10.2. The summed E-state index contributed by atoms with van der Waals surface area (Å²) in [5.41, 5.74) is 0.288. The van der Waals surface area contributed by atoms with Gasteiger partial charge in [0.25, 0.3) is 16.4 Å². The topological polar surface area (TPSA) is 84.8 Å². The van der Waals surface area contributed by atoms with Crippen LogP contribution in [0.4, 0.5) is 13.9 Å². The lowest BCUT2D eigenvalue weighted by Crippen LogP contribution is -2.13. The number of anilines is 1. The van der Waals surface area contributed by atoms with Crippen molar-refractivity contribution in [2.45, 2.75) is 11.3 Å². The molecule has 0 atom stereocenters. The second-order valence-electron chi connectivity index (χ2n) is 4.18. The molecule has 0 bridgehead atoms. The van der Waals surface area contributed by atoms with Crippen LogP contribution >= 0.6 is 11.3 Å². The van der Waals surface area contributed by atoms with Crippen LogP contribution in [0.2, 0.25) is 0 Å². The Morgan fingerprint density at radius 1 is 1.14 bits per heavy atom. The Bertz CT molecular complexity index is 922. The molecule has 0 radical (unpaired) electrons. The molecule has 0 aliphatic rings. The van der Waals surface area contributed by atoms with E-state index in [4.69, 9.17) is 0 Å². The number of benzene rings is 1. The van der Waals surface area contributed by atoms with Crippen molar-refractivity contribution < 1.29 is 17.2 Å². The molecular formula is C12H8F2N4O2S2. The van der Waals surface area contributed by atoms with Crippen LogP contribution in [0.1, 0.15) is 11.4 Å². The highest BCUT2D eigenvalue weighted by molar-refractivity contribution is 7.93. The van der Waals surface area contributed by atoms with Gasteiger partial charge in [0, 0.05) is 11.6 Å². The van der Waals surface area contributed by atoms with E-state index in [2.05, 4.69) is 19.9 Å². The lowest BCUT2D eigenvalue weighted by Gasteiger charge is -2.07. The maximum Gasteiger partial charge on any atom is 0.291 e. The summed E-state index contributed by atoms with van der Waals surface area (Å²) >= 11 is 0.485. The number of hydrogen-bond donors (Lipinski definition) is 1. The van der Waals surface area contributed by atoms with E-state index < -0.39 is 21.5 Å². The number of pyridine rings is 1. The Morgan fingerprint density at radius 3 is 2.64 bits per heavy atom. The molecule has 22 heavy (non-hydrogen) atoms. The summed E-state index contributed by atoms with van der Waals surface area (Å²) in [6.07, 6.45) is -1.32. The van der Waals surface area contributed by atoms with Crippen molar-refractivity contribution >= 4 is 37.4 Å². The summed E-state index contributed by atoms with van der Waals surface area (Å²) < 4.78 is 51.9. The van der Waals surface area contributed by atoms with E-state index in [0.29, 0.717) is 16.7 Å². The van der Waals surface area contributed by atoms with Crippen LogP contribution in [0.25, 0.3) is 10.9 Å². The van der Waals surface area contributed by atoms with Gasteiger partial charge in [-0.25, -0.2) is 17.2 Å². The third-order valence-corrected chi connectivity index (χ3v) is 5.08. The van der Waals surface area contributed by atoms with E-state index in [1.54, 1.807) is 24.3 Å². The minimum absolute atomic E-state index is 0.0561. The Morgan fingerprint density at radius 2 is 1.91 bits per heavy atom. The second-order valence-corrected chi connectivity index (χ2v) is 6.84. The quantitative estimate of drug-likeness (QED) is 0.788. The Kier molecular flexibility index (Phi) is 3.71. The van der Waals surface area contributed by atoms with Gasteiger partial charge in [-0.15, -0.1) is 10.2 Å². The molecular weight excluding hydrogens is 334 g/mol. The number of nitrogens with one attached hydrogen (secondary N) is 1. The molecule has 114 valence electrons. The van der Waals surface area contributed by atoms with Gasteiger partial charge in [0.05, 0.1) is 5.52 Å². The number of nitrogens with zero attached hydrogens (tertiary/aromatic N) is 3. The van der Waals surface area contributed by atoms with Crippen LogP contribution in [0, 0.1) is 0 Å². The van der Waals surface area contributed by atoms with E-state index in [0.717, 1.165) is 0 Å². The fraction of sp³-hybridized carbons (Fsp3) is 0.0833. The molecule has 2 aromatic heterocycles. The zero-order valence-electron chi connectivity index (χ0n) is 10.8. The van der Waals surface area contributed by atoms with Crippen molar-refractivity contribution in [1.29, 1.82) is 0 Å². The van der Waals surface area contributed by atoms with E-state index in [9.17, 15) is 17.2 Å². The van der Waals surface area contributed by atoms with Crippen LogP contribution < -0.4 is 4.72 Å². The van der Waals surface area contributed by atoms with Crippen molar-refractivity contribution in [1.82, 2.24) is 15.2 Å². The van der Waals surface area contributed by atoms with Crippen LogP contribution in [0.3, 0.4) is 0 Å². The summed E-state index contributed by atoms with van der Waals surface area (Å²) in [5.74, 6) is 0. The van der Waals surface area contributed by atoms with Crippen molar-refractivity contribution in [3.8, 4) is 0 Å². The first-order chi connectivity index (χ1) is 10.5. The van der Waals surface area contributed by atoms with Crippen LogP contribution in [0.15, 0.2) is 41.4 Å². The molecule has 1 aromatic carbocycles. The van der Waals surface area contributed by atoms with Crippen molar-refractivity contribution in [2.24, 2.45) is 0 Å². The molecule has 0 saturated heterocycles. The number of halogens is 2. The van der Waals surface area contributed by atoms with Gasteiger partial charge in [-0.1, -0.05) is 29.5 Å². The van der Waals surface area contributed by atoms with Gasteiger partial charge < -0.3 is 0 Å². The normalized spacial score (nSPS) is 12.0. The first-order valence-corrected chi connectivity index (χ1v) is 8.25. The number of para-hydroxylation sites is 1. The maximum atomic E-state index is 12.5. The van der Waals surface area contributed by atoms with E-state index in [1.165, 1.54) is 12.3 Å². The fourth-order valence-electron chi connectivity index (χ4n) is 1.83. The van der Waals surface area contributed by atoms with E-state index >= 15 is 0 Å². The standard InChI is InChI=1S/C12H8F2N4O2S2/c13-10(14)11-16-17-12(21-11)18-22(19,20)8-5-1-3-7-4-2-6-15-9(7)8/h1-6,10H,(H,17,18). The third kappa shape index (κ3) is 2.74. The molecule has 6 nitrogen and oxygen atoms in total. The predicted octanol–water partition coefficient (Wildman–Crippen LogP) is 2.82. The van der Waals surface area contributed by atoms with Gasteiger partial charge in [-0.05, 0) is 12.1 Å². The lowest BCUT2D eigenvalue weighted by molar-refractivity contribution is 0.150. The maximum absolute atomic E-state index is 12.5. The minimum Gasteiger partial charge on any atom is -0.255 e. The molecule has 0 unspecified atom stereocenters.